The Balaban J connectivity index is 1.79. The van der Waals surface area contributed by atoms with Gasteiger partial charge in [0.1, 0.15) is 11.5 Å². The van der Waals surface area contributed by atoms with Crippen molar-refractivity contribution in [2.24, 2.45) is 5.10 Å². The predicted octanol–water partition coefficient (Wildman–Crippen LogP) is 1.58. The third-order valence-electron chi connectivity index (χ3n) is 3.26. The second kappa shape index (κ2) is 9.07. The lowest BCUT2D eigenvalue weighted by atomic mass is 10.2. The molecule has 0 heterocycles. The lowest BCUT2D eigenvalue weighted by molar-refractivity contribution is -0.120. The molecule has 2 rings (SSSR count). The normalized spacial score (nSPS) is 10.3. The highest BCUT2D eigenvalue weighted by molar-refractivity contribution is 5.96. The molecule has 2 amide bonds. The van der Waals surface area contributed by atoms with Crippen LogP contribution in [0.2, 0.25) is 0 Å². The van der Waals surface area contributed by atoms with Crippen LogP contribution >= 0.6 is 0 Å². The molecule has 0 aromatic heterocycles. The number of benzene rings is 2. The number of hydrogen-bond acceptors (Lipinski definition) is 5. The van der Waals surface area contributed by atoms with Crippen LogP contribution in [0.25, 0.3) is 0 Å². The number of methoxy groups -OCH3 is 2. The SMILES string of the molecule is COc1ccc(/C=N/NC(=O)CNC(=O)c2cccc(OC)c2)cc1. The summed E-state index contributed by atoms with van der Waals surface area (Å²) < 4.78 is 10.1. The van der Waals surface area contributed by atoms with Gasteiger partial charge in [0.25, 0.3) is 11.8 Å². The molecule has 0 radical (unpaired) electrons. The van der Waals surface area contributed by atoms with E-state index in [1.165, 1.54) is 13.3 Å². The summed E-state index contributed by atoms with van der Waals surface area (Å²) in [4.78, 5) is 23.7. The van der Waals surface area contributed by atoms with Crippen LogP contribution in [0.15, 0.2) is 53.6 Å². The van der Waals surface area contributed by atoms with E-state index in [0.717, 1.165) is 11.3 Å². The molecular formula is C18H19N3O4. The number of hydrogen-bond donors (Lipinski definition) is 2. The van der Waals surface area contributed by atoms with Crippen LogP contribution in [0.4, 0.5) is 0 Å². The van der Waals surface area contributed by atoms with E-state index in [2.05, 4.69) is 15.8 Å². The van der Waals surface area contributed by atoms with Crippen molar-refractivity contribution >= 4 is 18.0 Å². The van der Waals surface area contributed by atoms with Crippen molar-refractivity contribution in [2.45, 2.75) is 0 Å². The second-order valence-corrected chi connectivity index (χ2v) is 4.98. The van der Waals surface area contributed by atoms with Crippen molar-refractivity contribution in [1.29, 1.82) is 0 Å². The van der Waals surface area contributed by atoms with Crippen LogP contribution < -0.4 is 20.2 Å². The minimum Gasteiger partial charge on any atom is -0.497 e. The molecule has 2 aromatic rings. The highest BCUT2D eigenvalue weighted by atomic mass is 16.5. The van der Waals surface area contributed by atoms with Crippen molar-refractivity contribution < 1.29 is 19.1 Å². The van der Waals surface area contributed by atoms with Crippen molar-refractivity contribution in [1.82, 2.24) is 10.7 Å². The molecule has 0 spiro atoms. The van der Waals surface area contributed by atoms with Gasteiger partial charge in [0.2, 0.25) is 0 Å². The van der Waals surface area contributed by atoms with Gasteiger partial charge in [-0.25, -0.2) is 5.43 Å². The Morgan fingerprint density at radius 1 is 1.04 bits per heavy atom. The van der Waals surface area contributed by atoms with Gasteiger partial charge in [-0.3, -0.25) is 9.59 Å². The van der Waals surface area contributed by atoms with Gasteiger partial charge in [-0.2, -0.15) is 5.10 Å². The Morgan fingerprint density at radius 2 is 1.76 bits per heavy atom. The van der Waals surface area contributed by atoms with Crippen LogP contribution in [-0.2, 0) is 4.79 Å². The molecule has 0 aliphatic carbocycles. The largest absolute Gasteiger partial charge is 0.497 e. The molecule has 0 saturated heterocycles. The van der Waals surface area contributed by atoms with Crippen LogP contribution in [0.5, 0.6) is 11.5 Å². The molecule has 0 unspecified atom stereocenters. The van der Waals surface area contributed by atoms with E-state index in [1.54, 1.807) is 55.6 Å². The van der Waals surface area contributed by atoms with Gasteiger partial charge in [0.05, 0.1) is 27.0 Å². The lowest BCUT2D eigenvalue weighted by Crippen LogP contribution is -2.34. The van der Waals surface area contributed by atoms with Gasteiger partial charge in [0.15, 0.2) is 0 Å². The van der Waals surface area contributed by atoms with E-state index in [4.69, 9.17) is 9.47 Å². The first kappa shape index (κ1) is 18.0. The average molecular weight is 341 g/mol. The highest BCUT2D eigenvalue weighted by Gasteiger charge is 2.08. The number of nitrogens with zero attached hydrogens (tertiary/aromatic N) is 1. The number of rotatable bonds is 7. The Kier molecular flexibility index (Phi) is 6.53. The summed E-state index contributed by atoms with van der Waals surface area (Å²) in [6, 6.07) is 13.9. The minimum absolute atomic E-state index is 0.185. The number of amides is 2. The Morgan fingerprint density at radius 3 is 2.44 bits per heavy atom. The first-order valence-corrected chi connectivity index (χ1v) is 7.50. The zero-order valence-electron chi connectivity index (χ0n) is 14.0. The summed E-state index contributed by atoms with van der Waals surface area (Å²) in [7, 11) is 3.11. The van der Waals surface area contributed by atoms with Gasteiger partial charge >= 0.3 is 0 Å². The maximum Gasteiger partial charge on any atom is 0.259 e. The zero-order chi connectivity index (χ0) is 18.1. The van der Waals surface area contributed by atoms with Crippen molar-refractivity contribution in [3.05, 3.63) is 59.7 Å². The number of nitrogens with one attached hydrogen (secondary N) is 2. The van der Waals surface area contributed by atoms with Crippen molar-refractivity contribution in [2.75, 3.05) is 20.8 Å². The van der Waals surface area contributed by atoms with E-state index in [1.807, 2.05) is 0 Å². The summed E-state index contributed by atoms with van der Waals surface area (Å²) in [5, 5.41) is 6.36. The van der Waals surface area contributed by atoms with E-state index < -0.39 is 5.91 Å². The van der Waals surface area contributed by atoms with Crippen molar-refractivity contribution in [3.63, 3.8) is 0 Å². The molecule has 0 atom stereocenters. The maximum absolute atomic E-state index is 12.0. The molecule has 7 heteroatoms. The molecule has 130 valence electrons. The molecular weight excluding hydrogens is 322 g/mol. The number of hydrazone groups is 1. The summed E-state index contributed by atoms with van der Waals surface area (Å²) in [6.07, 6.45) is 1.50. The molecule has 25 heavy (non-hydrogen) atoms. The zero-order valence-corrected chi connectivity index (χ0v) is 14.0. The van der Waals surface area contributed by atoms with Gasteiger partial charge in [-0.1, -0.05) is 6.07 Å². The van der Waals surface area contributed by atoms with Crippen LogP contribution in [0, 0.1) is 0 Å². The monoisotopic (exact) mass is 341 g/mol. The fourth-order valence-electron chi connectivity index (χ4n) is 1.94. The second-order valence-electron chi connectivity index (χ2n) is 4.98. The maximum atomic E-state index is 12.0. The standard InChI is InChI=1S/C18H19N3O4/c1-24-15-8-6-13(7-9-15)11-20-21-17(22)12-19-18(23)14-4-3-5-16(10-14)25-2/h3-11H,12H2,1-2H3,(H,19,23)(H,21,22)/b20-11+. The molecule has 0 saturated carbocycles. The summed E-state index contributed by atoms with van der Waals surface area (Å²) in [6.45, 7) is -0.185. The molecule has 2 aromatic carbocycles. The Bertz CT molecular complexity index is 757. The number of carbonyl (C=O) groups is 2. The first-order valence-electron chi connectivity index (χ1n) is 7.50. The molecule has 7 nitrogen and oxygen atoms in total. The summed E-state index contributed by atoms with van der Waals surface area (Å²) in [5.74, 6) is 0.511. The quantitative estimate of drug-likeness (QED) is 0.591. The summed E-state index contributed by atoms with van der Waals surface area (Å²) >= 11 is 0. The smallest absolute Gasteiger partial charge is 0.259 e. The third-order valence-corrected chi connectivity index (χ3v) is 3.26. The van der Waals surface area contributed by atoms with Crippen LogP contribution in [0.1, 0.15) is 15.9 Å². The molecule has 0 bridgehead atoms. The molecule has 0 aliphatic rings. The Hall–Kier alpha value is -3.35. The van der Waals surface area contributed by atoms with E-state index >= 15 is 0 Å². The lowest BCUT2D eigenvalue weighted by Gasteiger charge is -2.06. The number of carbonyl (C=O) groups excluding carboxylic acids is 2. The molecule has 0 fully saturated rings. The topological polar surface area (TPSA) is 89.0 Å². The van der Waals surface area contributed by atoms with E-state index in [9.17, 15) is 9.59 Å². The Labute approximate surface area is 145 Å². The first-order chi connectivity index (χ1) is 12.1. The van der Waals surface area contributed by atoms with Gasteiger partial charge in [-0.05, 0) is 48.0 Å². The third kappa shape index (κ3) is 5.65. The minimum atomic E-state index is -0.430. The van der Waals surface area contributed by atoms with Crippen LogP contribution in [-0.4, -0.2) is 38.8 Å². The molecule has 0 aliphatic heterocycles. The fraction of sp³-hybridized carbons (Fsp3) is 0.167. The van der Waals surface area contributed by atoms with E-state index in [-0.39, 0.29) is 12.5 Å². The summed E-state index contributed by atoms with van der Waals surface area (Å²) in [5.41, 5.74) is 3.57. The predicted molar refractivity (Wildman–Crippen MR) is 94.1 cm³/mol. The van der Waals surface area contributed by atoms with Crippen LogP contribution in [0.3, 0.4) is 0 Å². The highest BCUT2D eigenvalue weighted by Crippen LogP contribution is 2.12. The van der Waals surface area contributed by atoms with E-state index in [0.29, 0.717) is 11.3 Å². The average Bonchev–Trinajstić information content (AvgIpc) is 2.66. The van der Waals surface area contributed by atoms with Gasteiger partial charge in [-0.15, -0.1) is 0 Å². The number of ether oxygens (including phenoxy) is 2. The fourth-order valence-corrected chi connectivity index (χ4v) is 1.94. The van der Waals surface area contributed by atoms with Gasteiger partial charge in [0, 0.05) is 5.56 Å². The molecule has 2 N–H and O–H groups in total. The van der Waals surface area contributed by atoms with Crippen molar-refractivity contribution in [3.8, 4) is 11.5 Å². The van der Waals surface area contributed by atoms with Gasteiger partial charge < -0.3 is 14.8 Å².